The van der Waals surface area contributed by atoms with E-state index < -0.39 is 13.9 Å². The molecule has 0 radical (unpaired) electrons. The molecule has 3 aliphatic rings. The zero-order valence-corrected chi connectivity index (χ0v) is 31.5. The zero-order chi connectivity index (χ0) is 34.8. The molecule has 0 bridgehead atoms. The van der Waals surface area contributed by atoms with E-state index in [9.17, 15) is 15.4 Å². The predicted octanol–water partition coefficient (Wildman–Crippen LogP) is 9.55. The van der Waals surface area contributed by atoms with E-state index in [1.54, 1.807) is 0 Å². The first-order chi connectivity index (χ1) is 22.6. The Hall–Kier alpha value is -2.64. The molecular weight excluding hydrogens is 615 g/mol. The number of carbonyl (C=O) groups excluding carboxylic acids is 1. The van der Waals surface area contributed by atoms with Gasteiger partial charge in [0.25, 0.3) is 0 Å². The molecule has 8 heteroatoms. The molecule has 48 heavy (non-hydrogen) atoms. The average Bonchev–Trinajstić information content (AvgIpc) is 3.28. The summed E-state index contributed by atoms with van der Waals surface area (Å²) in [6.45, 7) is 16.1. The number of azide groups is 1. The average molecular weight is 674 g/mol. The van der Waals surface area contributed by atoms with Crippen LogP contribution in [0.3, 0.4) is 0 Å². The molecule has 0 heterocycles. The van der Waals surface area contributed by atoms with Crippen LogP contribution in [-0.2, 0) is 26.0 Å². The molecule has 0 spiro atoms. The van der Waals surface area contributed by atoms with Crippen LogP contribution in [0.25, 0.3) is 10.4 Å². The quantitative estimate of drug-likeness (QED) is 0.0843. The third-order valence-corrected chi connectivity index (χ3v) is 19.1. The number of benzene rings is 2. The molecular formula is C40H59N3O4Si. The maximum absolute atomic E-state index is 12.3. The van der Waals surface area contributed by atoms with Gasteiger partial charge in [-0.25, -0.2) is 0 Å². The van der Waals surface area contributed by atoms with Crippen molar-refractivity contribution >= 4 is 14.3 Å². The van der Waals surface area contributed by atoms with E-state index >= 15 is 0 Å². The van der Waals surface area contributed by atoms with Crippen LogP contribution in [-0.4, -0.2) is 44.2 Å². The number of nitrogens with zero attached hydrogens (tertiary/aromatic N) is 3. The summed E-state index contributed by atoms with van der Waals surface area (Å²) in [5.41, 5.74) is 11.0. The lowest BCUT2D eigenvalue weighted by Gasteiger charge is -2.58. The van der Waals surface area contributed by atoms with E-state index in [4.69, 9.17) is 9.16 Å². The summed E-state index contributed by atoms with van der Waals surface area (Å²) in [6, 6.07) is 23.5. The van der Waals surface area contributed by atoms with Crippen LogP contribution in [0.1, 0.15) is 105 Å². The molecule has 3 saturated carbocycles. The molecule has 1 N–H and O–H groups in total. The third kappa shape index (κ3) is 7.28. The number of ether oxygens (including phenoxy) is 1. The van der Waals surface area contributed by atoms with Crippen LogP contribution in [0.15, 0.2) is 65.8 Å². The molecule has 0 saturated heterocycles. The van der Waals surface area contributed by atoms with Gasteiger partial charge in [0.2, 0.25) is 8.32 Å². The number of rotatable bonds is 11. The molecule has 5 rings (SSSR count). The topological polar surface area (TPSA) is 105 Å². The summed E-state index contributed by atoms with van der Waals surface area (Å²) in [4.78, 5) is 15.5. The first-order valence-electron chi connectivity index (χ1n) is 18.3. The van der Waals surface area contributed by atoms with Gasteiger partial charge in [0.05, 0.1) is 12.2 Å². The van der Waals surface area contributed by atoms with Crippen molar-refractivity contribution < 1.29 is 19.1 Å². The van der Waals surface area contributed by atoms with Gasteiger partial charge < -0.3 is 14.3 Å². The van der Waals surface area contributed by atoms with Crippen molar-refractivity contribution in [2.24, 2.45) is 39.6 Å². The number of esters is 1. The summed E-state index contributed by atoms with van der Waals surface area (Å²) in [5, 5.41) is 15.6. The Balaban J connectivity index is 1.48. The van der Waals surface area contributed by atoms with Gasteiger partial charge in [0, 0.05) is 30.4 Å². The van der Waals surface area contributed by atoms with Gasteiger partial charge in [-0.2, -0.15) is 0 Å². The second-order valence-corrected chi connectivity index (χ2v) is 21.6. The smallest absolute Gasteiger partial charge is 0.302 e. The summed E-state index contributed by atoms with van der Waals surface area (Å²) >= 11 is 0. The molecule has 3 aliphatic carbocycles. The highest BCUT2D eigenvalue weighted by Gasteiger charge is 2.62. The Morgan fingerprint density at radius 2 is 1.52 bits per heavy atom. The summed E-state index contributed by atoms with van der Waals surface area (Å²) in [5.74, 6) is 0.630. The Labute approximate surface area is 290 Å². The van der Waals surface area contributed by atoms with E-state index in [1.165, 1.54) is 18.1 Å². The van der Waals surface area contributed by atoms with Gasteiger partial charge >= 0.3 is 5.97 Å². The molecule has 0 amide bonds. The molecule has 8 atom stereocenters. The van der Waals surface area contributed by atoms with Gasteiger partial charge in [-0.05, 0) is 114 Å². The maximum Gasteiger partial charge on any atom is 0.302 e. The van der Waals surface area contributed by atoms with Gasteiger partial charge in [-0.1, -0.05) is 100 Å². The number of aliphatic hydroxyl groups is 1. The van der Waals surface area contributed by atoms with Gasteiger partial charge in [0.15, 0.2) is 0 Å². The highest BCUT2D eigenvalue weighted by molar-refractivity contribution is 6.75. The van der Waals surface area contributed by atoms with Crippen molar-refractivity contribution in [1.82, 2.24) is 0 Å². The molecule has 2 aromatic rings. The molecule has 0 aliphatic heterocycles. The number of hydrogen-bond donors (Lipinski definition) is 1. The lowest BCUT2D eigenvalue weighted by Crippen LogP contribution is -2.58. The molecule has 3 fully saturated rings. The first kappa shape index (κ1) is 36.6. The van der Waals surface area contributed by atoms with Gasteiger partial charge in [0.1, 0.15) is 0 Å². The van der Waals surface area contributed by atoms with Crippen LogP contribution in [0.2, 0.25) is 5.04 Å². The molecule has 0 aromatic heterocycles. The Kier molecular flexibility index (Phi) is 10.9. The molecule has 7 nitrogen and oxygen atoms in total. The Bertz CT molecular complexity index is 1400. The van der Waals surface area contributed by atoms with Crippen LogP contribution in [0.5, 0.6) is 0 Å². The fourth-order valence-corrected chi connectivity index (χ4v) is 14.6. The second kappa shape index (κ2) is 14.3. The van der Waals surface area contributed by atoms with Crippen molar-refractivity contribution in [2.45, 2.75) is 122 Å². The standard InChI is InChI=1S/C40H59N3O4Si/c1-29(44)46-26-32-24-33(47-48(37(2,3)4,27-30-14-10-8-11-15-30)28-31-16-12-9-13-17-31)18-21-38(32,5)35-19-22-39(6)36(20-23-40(39,7)45)34(35)25-42-43-41/h8-17,32-36,45H,18-28H2,1-7H3/t32-,33+,34-,35+,36+,38+,39+,40+/m1/s1. The van der Waals surface area contributed by atoms with Gasteiger partial charge in [-0.3, -0.25) is 4.79 Å². The predicted molar refractivity (Wildman–Crippen MR) is 194 cm³/mol. The number of carbonyl (C=O) groups is 1. The van der Waals surface area contributed by atoms with Crippen molar-refractivity contribution in [3.8, 4) is 0 Å². The van der Waals surface area contributed by atoms with Gasteiger partial charge in [-0.15, -0.1) is 0 Å². The van der Waals surface area contributed by atoms with Crippen molar-refractivity contribution in [3.63, 3.8) is 0 Å². The zero-order valence-electron chi connectivity index (χ0n) is 30.5. The highest BCUT2D eigenvalue weighted by Crippen LogP contribution is 2.65. The second-order valence-electron chi connectivity index (χ2n) is 17.1. The lowest BCUT2D eigenvalue weighted by atomic mass is 9.48. The van der Waals surface area contributed by atoms with E-state index in [2.05, 4.69) is 105 Å². The first-order valence-corrected chi connectivity index (χ1v) is 20.6. The van der Waals surface area contributed by atoms with Crippen molar-refractivity contribution in [2.75, 3.05) is 13.2 Å². The van der Waals surface area contributed by atoms with Crippen molar-refractivity contribution in [1.29, 1.82) is 0 Å². The van der Waals surface area contributed by atoms with Crippen LogP contribution < -0.4 is 0 Å². The van der Waals surface area contributed by atoms with E-state index in [0.717, 1.165) is 57.0 Å². The minimum absolute atomic E-state index is 0.0293. The summed E-state index contributed by atoms with van der Waals surface area (Å²) in [7, 11) is -2.49. The fourth-order valence-electron chi connectivity index (χ4n) is 10.2. The summed E-state index contributed by atoms with van der Waals surface area (Å²) < 4.78 is 13.5. The number of hydrogen-bond acceptors (Lipinski definition) is 5. The molecule has 2 aromatic carbocycles. The normalized spacial score (nSPS) is 33.8. The Morgan fingerprint density at radius 3 is 2.06 bits per heavy atom. The SMILES string of the molecule is CC(=O)OC[C@H]1C[C@@H](O[Si](Cc2ccccc2)(Cc2ccccc2)C(C)(C)C)CC[C@]1(C)[C@H]1CC[C@@]2(C)[C@@H](CC[C@]2(C)O)[C@@H]1CN=[N+]=[N-]. The minimum atomic E-state index is -2.49. The Morgan fingerprint density at radius 1 is 0.938 bits per heavy atom. The van der Waals surface area contributed by atoms with E-state index in [-0.39, 0.29) is 45.7 Å². The largest absolute Gasteiger partial charge is 0.466 e. The maximum atomic E-state index is 12.3. The molecule has 262 valence electrons. The molecule has 0 unspecified atom stereocenters. The van der Waals surface area contributed by atoms with E-state index in [1.807, 2.05) is 6.92 Å². The third-order valence-electron chi connectivity index (χ3n) is 13.6. The van der Waals surface area contributed by atoms with Crippen LogP contribution >= 0.6 is 0 Å². The van der Waals surface area contributed by atoms with Crippen LogP contribution in [0.4, 0.5) is 0 Å². The lowest BCUT2D eigenvalue weighted by molar-refractivity contribution is -0.153. The minimum Gasteiger partial charge on any atom is -0.466 e. The van der Waals surface area contributed by atoms with Crippen molar-refractivity contribution in [3.05, 3.63) is 82.2 Å². The fraction of sp³-hybridized carbons (Fsp3) is 0.675. The monoisotopic (exact) mass is 673 g/mol. The van der Waals surface area contributed by atoms with Crippen LogP contribution in [0, 0.1) is 34.5 Å². The highest BCUT2D eigenvalue weighted by atomic mass is 28.4. The summed E-state index contributed by atoms with van der Waals surface area (Å²) in [6.07, 6.45) is 6.46. The number of fused-ring (bicyclic) bond motifs is 1. The van der Waals surface area contributed by atoms with E-state index in [0.29, 0.717) is 19.1 Å².